The predicted octanol–water partition coefficient (Wildman–Crippen LogP) is 1.84. The van der Waals surface area contributed by atoms with Crippen molar-refractivity contribution in [1.29, 1.82) is 0 Å². The minimum atomic E-state index is -0.269. The Hall–Kier alpha value is -3.45. The van der Waals surface area contributed by atoms with Crippen molar-refractivity contribution in [2.45, 2.75) is 26.9 Å². The summed E-state index contributed by atoms with van der Waals surface area (Å²) in [6, 6.07) is 14.9. The first-order valence-corrected chi connectivity index (χ1v) is 9.71. The molecule has 0 spiro atoms. The smallest absolute Gasteiger partial charge is 0.315 e. The Morgan fingerprint density at radius 3 is 1.26 bits per heavy atom. The van der Waals surface area contributed by atoms with Crippen LogP contribution in [0.3, 0.4) is 0 Å². The van der Waals surface area contributed by atoms with Crippen LogP contribution in [0.25, 0.3) is 0 Å². The van der Waals surface area contributed by atoms with Gasteiger partial charge in [0.1, 0.15) is 0 Å². The Bertz CT molecular complexity index is 957. The molecule has 2 amide bonds. The van der Waals surface area contributed by atoms with E-state index in [-0.39, 0.29) is 51.9 Å². The molecule has 0 heterocycles. The zero-order valence-electron chi connectivity index (χ0n) is 18.9. The van der Waals surface area contributed by atoms with Crippen molar-refractivity contribution in [3.63, 3.8) is 0 Å². The third-order valence-corrected chi connectivity index (χ3v) is 4.28. The van der Waals surface area contributed by atoms with Gasteiger partial charge in [-0.1, -0.05) is 48.5 Å². The molecule has 0 fully saturated rings. The third kappa shape index (κ3) is 10.9. The molecular weight excluding hydrogens is 568 g/mol. The maximum Gasteiger partial charge on any atom is 0.315 e. The van der Waals surface area contributed by atoms with E-state index in [1.54, 1.807) is 13.8 Å². The van der Waals surface area contributed by atoms with Gasteiger partial charge in [-0.2, -0.15) is 10.2 Å². The number of halogens is 2. The number of amides is 2. The second-order valence-corrected chi connectivity index (χ2v) is 6.85. The average Bonchev–Trinajstić information content (AvgIpc) is 2.78. The molecule has 13 heteroatoms. The highest BCUT2D eigenvalue weighted by Crippen LogP contribution is 2.07. The summed E-state index contributed by atoms with van der Waals surface area (Å²) in [4.78, 5) is 12.1. The van der Waals surface area contributed by atoms with Gasteiger partial charge in [0.05, 0.1) is 11.4 Å². The van der Waals surface area contributed by atoms with E-state index in [0.29, 0.717) is 24.5 Å². The molecule has 2 rings (SSSR count). The molecule has 2 aromatic rings. The van der Waals surface area contributed by atoms with Crippen molar-refractivity contribution in [1.82, 2.24) is 10.6 Å². The minimum absolute atomic E-state index is 0. The molecular formula is C21H30Br2N10O. The number of guanidine groups is 2. The van der Waals surface area contributed by atoms with Crippen LogP contribution in [-0.4, -0.2) is 29.4 Å². The first-order chi connectivity index (χ1) is 15.2. The van der Waals surface area contributed by atoms with Crippen LogP contribution in [0, 0.1) is 0 Å². The second-order valence-electron chi connectivity index (χ2n) is 6.85. The van der Waals surface area contributed by atoms with Crippen LogP contribution in [0.4, 0.5) is 4.79 Å². The molecule has 0 bridgehead atoms. The number of carbonyl (C=O) groups excluding carboxylic acids is 1. The van der Waals surface area contributed by atoms with Crippen molar-refractivity contribution >= 4 is 63.3 Å². The topological polar surface area (TPSA) is 195 Å². The molecule has 0 aromatic heterocycles. The number of hydrogen-bond donors (Lipinski definition) is 6. The minimum Gasteiger partial charge on any atom is -0.369 e. The second kappa shape index (κ2) is 15.4. The number of nitrogens with zero attached hydrogens (tertiary/aromatic N) is 4. The molecule has 11 nitrogen and oxygen atoms in total. The number of nitrogens with one attached hydrogen (secondary N) is 2. The highest BCUT2D eigenvalue weighted by atomic mass is 79.9. The Kier molecular flexibility index (Phi) is 13.8. The Labute approximate surface area is 219 Å². The van der Waals surface area contributed by atoms with Crippen LogP contribution in [0.2, 0.25) is 0 Å². The number of rotatable bonds is 8. The van der Waals surface area contributed by atoms with Gasteiger partial charge in [-0.05, 0) is 36.1 Å². The molecule has 0 aliphatic rings. The number of carbonyl (C=O) groups is 1. The van der Waals surface area contributed by atoms with E-state index in [1.807, 2.05) is 48.5 Å². The molecule has 0 unspecified atom stereocenters. The molecule has 0 radical (unpaired) electrons. The van der Waals surface area contributed by atoms with Gasteiger partial charge in [-0.3, -0.25) is 0 Å². The largest absolute Gasteiger partial charge is 0.369 e. The monoisotopic (exact) mass is 596 g/mol. The van der Waals surface area contributed by atoms with Crippen molar-refractivity contribution in [2.24, 2.45) is 43.3 Å². The molecule has 0 aliphatic heterocycles. The van der Waals surface area contributed by atoms with Crippen LogP contribution in [-0.2, 0) is 13.1 Å². The van der Waals surface area contributed by atoms with Gasteiger partial charge >= 0.3 is 6.03 Å². The number of hydrogen-bond acceptors (Lipinski definition) is 5. The molecule has 0 saturated carbocycles. The molecule has 2 aromatic carbocycles. The summed E-state index contributed by atoms with van der Waals surface area (Å²) < 4.78 is 0. The predicted molar refractivity (Wildman–Crippen MR) is 149 cm³/mol. The number of urea groups is 1. The molecule has 0 aliphatic carbocycles. The fourth-order valence-electron chi connectivity index (χ4n) is 2.54. The summed E-state index contributed by atoms with van der Waals surface area (Å²) in [6.45, 7) is 4.38. The maximum absolute atomic E-state index is 12.1. The molecule has 0 atom stereocenters. The lowest BCUT2D eigenvalue weighted by Crippen LogP contribution is -2.34. The van der Waals surface area contributed by atoms with Gasteiger partial charge in [-0.25, -0.2) is 4.79 Å². The number of benzene rings is 2. The molecule has 10 N–H and O–H groups in total. The summed E-state index contributed by atoms with van der Waals surface area (Å²) >= 11 is 0. The summed E-state index contributed by atoms with van der Waals surface area (Å²) in [6.07, 6.45) is 0. The van der Waals surface area contributed by atoms with Crippen molar-refractivity contribution < 1.29 is 4.79 Å². The van der Waals surface area contributed by atoms with E-state index < -0.39 is 0 Å². The highest BCUT2D eigenvalue weighted by molar-refractivity contribution is 8.93. The zero-order valence-corrected chi connectivity index (χ0v) is 22.3. The summed E-state index contributed by atoms with van der Waals surface area (Å²) in [5.41, 5.74) is 26.1. The van der Waals surface area contributed by atoms with E-state index in [0.717, 1.165) is 22.3 Å². The first kappa shape index (κ1) is 30.6. The standard InChI is InChI=1S/C21H28N10O.2BrH/c1-13(28-30-19(22)23)17-7-3-15(4-8-17)11-26-21(32)27-12-16-5-9-18(10-6-16)14(2)29-31-20(24)25;;/h3-10H,11-12H2,1-2H3,(H4,22,23,30)(H4,24,25,31)(H2,26,27,32);2*1H/b28-13+,29-14+;;. The van der Waals surface area contributed by atoms with Crippen molar-refractivity contribution in [3.8, 4) is 0 Å². The lowest BCUT2D eigenvalue weighted by molar-refractivity contribution is 0.240. The van der Waals surface area contributed by atoms with E-state index in [2.05, 4.69) is 31.0 Å². The fourth-order valence-corrected chi connectivity index (χ4v) is 2.54. The Morgan fingerprint density at radius 1 is 0.647 bits per heavy atom. The van der Waals surface area contributed by atoms with E-state index in [1.165, 1.54) is 0 Å². The van der Waals surface area contributed by atoms with E-state index in [9.17, 15) is 4.79 Å². The highest BCUT2D eigenvalue weighted by Gasteiger charge is 2.03. The maximum atomic E-state index is 12.1. The Balaban J connectivity index is 0.00000544. The SMILES string of the molecule is Br.Br.C/C(=N\N=C(N)N)c1ccc(CNC(=O)NCc2ccc(/C(C)=N/N=C(N)N)cc2)cc1. The van der Waals surface area contributed by atoms with Crippen molar-refractivity contribution in [3.05, 3.63) is 70.8 Å². The molecule has 184 valence electrons. The van der Waals surface area contributed by atoms with Crippen LogP contribution in [0.1, 0.15) is 36.1 Å². The van der Waals surface area contributed by atoms with Gasteiger partial charge in [0.2, 0.25) is 11.9 Å². The van der Waals surface area contributed by atoms with Crippen LogP contribution in [0.5, 0.6) is 0 Å². The lowest BCUT2D eigenvalue weighted by Gasteiger charge is -2.09. The normalized spacial score (nSPS) is 10.8. The Morgan fingerprint density at radius 2 is 0.971 bits per heavy atom. The van der Waals surface area contributed by atoms with Gasteiger partial charge in [-0.15, -0.1) is 44.2 Å². The van der Waals surface area contributed by atoms with Gasteiger partial charge in [0.15, 0.2) is 0 Å². The average molecular weight is 598 g/mol. The van der Waals surface area contributed by atoms with E-state index >= 15 is 0 Å². The quantitative estimate of drug-likeness (QED) is 0.153. The summed E-state index contributed by atoms with van der Waals surface area (Å²) in [5.74, 6) is -0.196. The van der Waals surface area contributed by atoms with Crippen molar-refractivity contribution in [2.75, 3.05) is 0 Å². The van der Waals surface area contributed by atoms with Crippen LogP contribution < -0.4 is 33.6 Å². The van der Waals surface area contributed by atoms with E-state index in [4.69, 9.17) is 22.9 Å². The molecule has 34 heavy (non-hydrogen) atoms. The van der Waals surface area contributed by atoms with Gasteiger partial charge < -0.3 is 33.6 Å². The zero-order chi connectivity index (χ0) is 23.5. The summed E-state index contributed by atoms with van der Waals surface area (Å²) in [7, 11) is 0. The number of nitrogens with two attached hydrogens (primary N) is 4. The molecule has 0 saturated heterocycles. The van der Waals surface area contributed by atoms with Gasteiger partial charge in [0, 0.05) is 13.1 Å². The fraction of sp³-hybridized carbons (Fsp3) is 0.190. The van der Waals surface area contributed by atoms with Crippen LogP contribution in [0.15, 0.2) is 68.9 Å². The summed E-state index contributed by atoms with van der Waals surface area (Å²) in [5, 5.41) is 20.8. The lowest BCUT2D eigenvalue weighted by atomic mass is 10.1. The third-order valence-electron chi connectivity index (χ3n) is 4.28. The van der Waals surface area contributed by atoms with Gasteiger partial charge in [0.25, 0.3) is 0 Å². The van der Waals surface area contributed by atoms with Crippen LogP contribution >= 0.6 is 34.0 Å². The first-order valence-electron chi connectivity index (χ1n) is 9.71.